The minimum absolute atomic E-state index is 0.0525. The Kier molecular flexibility index (Phi) is 3.38. The highest BCUT2D eigenvalue weighted by Crippen LogP contribution is 2.38. The second-order valence-corrected chi connectivity index (χ2v) is 5.68. The van der Waals surface area contributed by atoms with Gasteiger partial charge in [0.25, 0.3) is 5.91 Å². The predicted octanol–water partition coefficient (Wildman–Crippen LogP) is 3.27. The zero-order valence-electron chi connectivity index (χ0n) is 12.6. The highest BCUT2D eigenvalue weighted by Gasteiger charge is 2.28. The van der Waals surface area contributed by atoms with Crippen LogP contribution in [0.4, 0.5) is 5.69 Å². The molecule has 0 spiro atoms. The number of phenolic OH excluding ortho intramolecular Hbond substituents is 1. The molecule has 1 fully saturated rings. The van der Waals surface area contributed by atoms with Crippen LogP contribution >= 0.6 is 0 Å². The SMILES string of the molecule is Cc1cc(C(=O)Nc2cc(C#N)ccc2O)c(C)n1C1CC1. The summed E-state index contributed by atoms with van der Waals surface area (Å²) < 4.78 is 2.19. The van der Waals surface area contributed by atoms with Crippen molar-refractivity contribution in [1.29, 1.82) is 5.26 Å². The first-order valence-corrected chi connectivity index (χ1v) is 7.24. The molecule has 22 heavy (non-hydrogen) atoms. The molecule has 0 unspecified atom stereocenters. The fraction of sp³-hybridized carbons (Fsp3) is 0.294. The van der Waals surface area contributed by atoms with Crippen LogP contribution in [0.15, 0.2) is 24.3 Å². The van der Waals surface area contributed by atoms with Crippen molar-refractivity contribution in [2.75, 3.05) is 5.32 Å². The van der Waals surface area contributed by atoms with E-state index in [2.05, 4.69) is 9.88 Å². The van der Waals surface area contributed by atoms with Gasteiger partial charge in [0.15, 0.2) is 0 Å². The zero-order valence-corrected chi connectivity index (χ0v) is 12.6. The number of aromatic nitrogens is 1. The number of carbonyl (C=O) groups is 1. The Bertz CT molecular complexity index is 795. The van der Waals surface area contributed by atoms with E-state index < -0.39 is 0 Å². The Labute approximate surface area is 128 Å². The van der Waals surface area contributed by atoms with Gasteiger partial charge in [0.1, 0.15) is 5.75 Å². The summed E-state index contributed by atoms with van der Waals surface area (Å²) in [6, 6.07) is 8.74. The number of anilines is 1. The molecular formula is C17H17N3O2. The van der Waals surface area contributed by atoms with Crippen molar-refractivity contribution in [3.05, 3.63) is 46.8 Å². The maximum atomic E-state index is 12.5. The Morgan fingerprint density at radius 3 is 2.73 bits per heavy atom. The van der Waals surface area contributed by atoms with E-state index in [1.807, 2.05) is 26.0 Å². The van der Waals surface area contributed by atoms with Gasteiger partial charge in [-0.15, -0.1) is 0 Å². The van der Waals surface area contributed by atoms with E-state index in [0.717, 1.165) is 24.2 Å². The molecule has 112 valence electrons. The number of carbonyl (C=O) groups excluding carboxylic acids is 1. The molecule has 1 aromatic heterocycles. The molecule has 1 aliphatic rings. The van der Waals surface area contributed by atoms with Crippen LogP contribution in [0.25, 0.3) is 0 Å². The van der Waals surface area contributed by atoms with Gasteiger partial charge in [0.05, 0.1) is 22.9 Å². The first-order valence-electron chi connectivity index (χ1n) is 7.24. The number of hydrogen-bond donors (Lipinski definition) is 2. The quantitative estimate of drug-likeness (QED) is 0.853. The molecule has 1 heterocycles. The molecule has 5 nitrogen and oxygen atoms in total. The van der Waals surface area contributed by atoms with Crippen molar-refractivity contribution >= 4 is 11.6 Å². The number of benzene rings is 1. The van der Waals surface area contributed by atoms with Crippen LogP contribution in [0.1, 0.15) is 46.2 Å². The molecule has 0 aliphatic heterocycles. The molecule has 0 radical (unpaired) electrons. The van der Waals surface area contributed by atoms with E-state index in [9.17, 15) is 9.90 Å². The molecular weight excluding hydrogens is 278 g/mol. The summed E-state index contributed by atoms with van der Waals surface area (Å²) in [5.74, 6) is -0.325. The van der Waals surface area contributed by atoms with E-state index in [-0.39, 0.29) is 17.3 Å². The number of amides is 1. The fourth-order valence-corrected chi connectivity index (χ4v) is 2.80. The van der Waals surface area contributed by atoms with Gasteiger partial charge in [-0.25, -0.2) is 0 Å². The molecule has 0 bridgehead atoms. The van der Waals surface area contributed by atoms with Crippen LogP contribution in [-0.2, 0) is 0 Å². The van der Waals surface area contributed by atoms with Gasteiger partial charge in [0, 0.05) is 17.4 Å². The molecule has 0 saturated heterocycles. The second kappa shape index (κ2) is 5.23. The molecule has 2 N–H and O–H groups in total. The normalized spacial score (nSPS) is 13.7. The first-order chi connectivity index (χ1) is 10.5. The van der Waals surface area contributed by atoms with Crippen LogP contribution in [0, 0.1) is 25.2 Å². The van der Waals surface area contributed by atoms with Crippen LogP contribution < -0.4 is 5.32 Å². The summed E-state index contributed by atoms with van der Waals surface area (Å²) in [6.45, 7) is 3.93. The van der Waals surface area contributed by atoms with Crippen LogP contribution in [0.5, 0.6) is 5.75 Å². The lowest BCUT2D eigenvalue weighted by Gasteiger charge is -2.09. The lowest BCUT2D eigenvalue weighted by Crippen LogP contribution is -2.13. The average molecular weight is 295 g/mol. The number of aryl methyl sites for hydroxylation is 1. The van der Waals surface area contributed by atoms with E-state index >= 15 is 0 Å². The lowest BCUT2D eigenvalue weighted by molar-refractivity contribution is 0.102. The Hall–Kier alpha value is -2.74. The van der Waals surface area contributed by atoms with Gasteiger partial charge >= 0.3 is 0 Å². The molecule has 3 rings (SSSR count). The summed E-state index contributed by atoms with van der Waals surface area (Å²) in [5.41, 5.74) is 3.25. The predicted molar refractivity (Wildman–Crippen MR) is 83.0 cm³/mol. The van der Waals surface area contributed by atoms with E-state index in [0.29, 0.717) is 17.2 Å². The molecule has 1 saturated carbocycles. The number of nitrogens with one attached hydrogen (secondary N) is 1. The van der Waals surface area contributed by atoms with E-state index in [1.54, 1.807) is 0 Å². The summed E-state index contributed by atoms with van der Waals surface area (Å²) in [7, 11) is 0. The third-order valence-electron chi connectivity index (χ3n) is 4.01. The average Bonchev–Trinajstić information content (AvgIpc) is 3.27. The molecule has 1 amide bonds. The maximum absolute atomic E-state index is 12.5. The minimum Gasteiger partial charge on any atom is -0.506 e. The van der Waals surface area contributed by atoms with Gasteiger partial charge in [0.2, 0.25) is 0 Å². The standard InChI is InChI=1S/C17H17N3O2/c1-10-7-14(11(2)20(10)13-4-5-13)17(22)19-15-8-12(9-18)3-6-16(15)21/h3,6-8,13,21H,4-5H2,1-2H3,(H,19,22). The van der Waals surface area contributed by atoms with Crippen molar-refractivity contribution in [3.8, 4) is 11.8 Å². The maximum Gasteiger partial charge on any atom is 0.257 e. The van der Waals surface area contributed by atoms with Crippen molar-refractivity contribution < 1.29 is 9.90 Å². The van der Waals surface area contributed by atoms with Crippen molar-refractivity contribution in [3.63, 3.8) is 0 Å². The highest BCUT2D eigenvalue weighted by atomic mass is 16.3. The van der Waals surface area contributed by atoms with Crippen LogP contribution in [-0.4, -0.2) is 15.6 Å². The Morgan fingerprint density at radius 1 is 1.36 bits per heavy atom. The molecule has 2 aromatic rings. The highest BCUT2D eigenvalue weighted by molar-refractivity contribution is 6.06. The van der Waals surface area contributed by atoms with Gasteiger partial charge in [-0.05, 0) is 51.0 Å². The number of phenols is 1. The first kappa shape index (κ1) is 14.2. The minimum atomic E-state index is -0.273. The fourth-order valence-electron chi connectivity index (χ4n) is 2.80. The summed E-state index contributed by atoms with van der Waals surface area (Å²) in [6.07, 6.45) is 2.31. The van der Waals surface area contributed by atoms with Gasteiger partial charge < -0.3 is 15.0 Å². The summed E-state index contributed by atoms with van der Waals surface area (Å²) >= 11 is 0. The third kappa shape index (κ3) is 2.44. The topological polar surface area (TPSA) is 78.1 Å². The largest absolute Gasteiger partial charge is 0.506 e. The van der Waals surface area contributed by atoms with Crippen LogP contribution in [0.2, 0.25) is 0 Å². The summed E-state index contributed by atoms with van der Waals surface area (Å²) in [4.78, 5) is 12.5. The number of rotatable bonds is 3. The van der Waals surface area contributed by atoms with Crippen molar-refractivity contribution in [1.82, 2.24) is 4.57 Å². The molecule has 5 heteroatoms. The number of nitrogens with zero attached hydrogens (tertiary/aromatic N) is 2. The summed E-state index contributed by atoms with van der Waals surface area (Å²) in [5, 5.41) is 21.4. The third-order valence-corrected chi connectivity index (χ3v) is 4.01. The molecule has 1 aromatic carbocycles. The van der Waals surface area contributed by atoms with Crippen molar-refractivity contribution in [2.45, 2.75) is 32.7 Å². The van der Waals surface area contributed by atoms with Crippen molar-refractivity contribution in [2.24, 2.45) is 0 Å². The number of hydrogen-bond acceptors (Lipinski definition) is 3. The second-order valence-electron chi connectivity index (χ2n) is 5.68. The number of nitriles is 1. The molecule has 0 atom stereocenters. The van der Waals surface area contributed by atoms with Gasteiger partial charge in [-0.2, -0.15) is 5.26 Å². The number of aromatic hydroxyl groups is 1. The Balaban J connectivity index is 1.89. The van der Waals surface area contributed by atoms with Crippen LogP contribution in [0.3, 0.4) is 0 Å². The zero-order chi connectivity index (χ0) is 15.9. The van der Waals surface area contributed by atoms with Gasteiger partial charge in [-0.3, -0.25) is 4.79 Å². The van der Waals surface area contributed by atoms with Gasteiger partial charge in [-0.1, -0.05) is 0 Å². The molecule has 1 aliphatic carbocycles. The lowest BCUT2D eigenvalue weighted by atomic mass is 10.2. The Morgan fingerprint density at radius 2 is 2.09 bits per heavy atom. The van der Waals surface area contributed by atoms with E-state index in [4.69, 9.17) is 5.26 Å². The monoisotopic (exact) mass is 295 g/mol. The van der Waals surface area contributed by atoms with E-state index in [1.165, 1.54) is 18.2 Å². The smallest absolute Gasteiger partial charge is 0.257 e.